The molecule has 0 aliphatic rings. The molecule has 0 aliphatic heterocycles. The molecule has 3 rings (SSSR count). The van der Waals surface area contributed by atoms with E-state index >= 15 is 0 Å². The lowest BCUT2D eigenvalue weighted by Gasteiger charge is -2.16. The highest BCUT2D eigenvalue weighted by molar-refractivity contribution is 5.82. The van der Waals surface area contributed by atoms with Gasteiger partial charge in [0.1, 0.15) is 17.5 Å². The predicted octanol–water partition coefficient (Wildman–Crippen LogP) is 4.20. The SMILES string of the molecule is COc1cc(-c2cc(-c3ccc(C)cc3)nc(N)c2C#N)cc(OC)c1OC. The lowest BCUT2D eigenvalue weighted by Crippen LogP contribution is -2.01. The van der Waals surface area contributed by atoms with Gasteiger partial charge in [-0.3, -0.25) is 0 Å². The summed E-state index contributed by atoms with van der Waals surface area (Å²) in [5, 5.41) is 9.65. The standard InChI is InChI=1S/C22H21N3O3/c1-13-5-7-14(8-6-13)18-11-16(17(12-23)22(24)25-18)15-9-19(26-2)21(28-4)20(10-15)27-3/h5-11H,1-4H3,(H2,24,25). The van der Waals surface area contributed by atoms with E-state index in [-0.39, 0.29) is 5.82 Å². The molecule has 1 aromatic heterocycles. The number of methoxy groups -OCH3 is 3. The summed E-state index contributed by atoms with van der Waals surface area (Å²) in [5.74, 6) is 1.64. The normalized spacial score (nSPS) is 10.2. The number of rotatable bonds is 5. The molecule has 6 heteroatoms. The molecule has 0 bridgehead atoms. The number of hydrogen-bond acceptors (Lipinski definition) is 6. The number of nitriles is 1. The van der Waals surface area contributed by atoms with Gasteiger partial charge in [0.05, 0.1) is 27.0 Å². The molecule has 0 amide bonds. The van der Waals surface area contributed by atoms with Crippen LogP contribution in [-0.4, -0.2) is 26.3 Å². The quantitative estimate of drug-likeness (QED) is 0.719. The van der Waals surface area contributed by atoms with Crippen molar-refractivity contribution in [2.45, 2.75) is 6.92 Å². The Hall–Kier alpha value is -3.72. The Balaban J connectivity index is 2.26. The first-order chi connectivity index (χ1) is 13.5. The summed E-state index contributed by atoms with van der Waals surface area (Å²) in [5.41, 5.74) is 10.5. The van der Waals surface area contributed by atoms with E-state index in [1.54, 1.807) is 33.5 Å². The van der Waals surface area contributed by atoms with E-state index < -0.39 is 0 Å². The maximum Gasteiger partial charge on any atom is 0.203 e. The van der Waals surface area contributed by atoms with E-state index in [4.69, 9.17) is 19.9 Å². The number of nitrogens with two attached hydrogens (primary N) is 1. The van der Waals surface area contributed by atoms with Crippen molar-refractivity contribution in [3.8, 4) is 45.7 Å². The van der Waals surface area contributed by atoms with Gasteiger partial charge in [0, 0.05) is 11.1 Å². The van der Waals surface area contributed by atoms with Crippen LogP contribution in [0.3, 0.4) is 0 Å². The topological polar surface area (TPSA) is 90.4 Å². The van der Waals surface area contributed by atoms with Gasteiger partial charge in [-0.2, -0.15) is 5.26 Å². The fourth-order valence-electron chi connectivity index (χ4n) is 3.02. The summed E-state index contributed by atoms with van der Waals surface area (Å²) in [6.07, 6.45) is 0. The average Bonchev–Trinajstić information content (AvgIpc) is 2.72. The minimum Gasteiger partial charge on any atom is -0.493 e. The van der Waals surface area contributed by atoms with Crippen molar-refractivity contribution in [3.63, 3.8) is 0 Å². The number of aromatic nitrogens is 1. The minimum atomic E-state index is 0.171. The van der Waals surface area contributed by atoms with Crippen LogP contribution in [0.25, 0.3) is 22.4 Å². The molecule has 28 heavy (non-hydrogen) atoms. The molecule has 2 aromatic carbocycles. The summed E-state index contributed by atoms with van der Waals surface area (Å²) in [6, 6.07) is 15.5. The fraction of sp³-hybridized carbons (Fsp3) is 0.182. The Morgan fingerprint density at radius 3 is 2.00 bits per heavy atom. The third kappa shape index (κ3) is 3.42. The molecule has 142 valence electrons. The lowest BCUT2D eigenvalue weighted by molar-refractivity contribution is 0.324. The second kappa shape index (κ2) is 7.89. The Labute approximate surface area is 164 Å². The number of anilines is 1. The third-order valence-electron chi connectivity index (χ3n) is 4.48. The lowest BCUT2D eigenvalue weighted by atomic mass is 9.97. The second-order valence-corrected chi connectivity index (χ2v) is 6.21. The number of aryl methyl sites for hydroxylation is 1. The summed E-state index contributed by atoms with van der Waals surface area (Å²) in [4.78, 5) is 4.42. The molecular formula is C22H21N3O3. The molecular weight excluding hydrogens is 354 g/mol. The molecule has 0 atom stereocenters. The van der Waals surface area contributed by atoms with E-state index in [9.17, 15) is 5.26 Å². The summed E-state index contributed by atoms with van der Waals surface area (Å²) < 4.78 is 16.3. The van der Waals surface area contributed by atoms with Gasteiger partial charge in [-0.15, -0.1) is 0 Å². The number of nitrogens with zero attached hydrogens (tertiary/aromatic N) is 2. The first kappa shape index (κ1) is 19.1. The molecule has 0 radical (unpaired) electrons. The monoisotopic (exact) mass is 375 g/mol. The highest BCUT2D eigenvalue weighted by Gasteiger charge is 2.18. The predicted molar refractivity (Wildman–Crippen MR) is 109 cm³/mol. The fourth-order valence-corrected chi connectivity index (χ4v) is 3.02. The molecule has 0 fully saturated rings. The third-order valence-corrected chi connectivity index (χ3v) is 4.48. The van der Waals surface area contributed by atoms with Crippen LogP contribution in [-0.2, 0) is 0 Å². The Bertz CT molecular complexity index is 1030. The van der Waals surface area contributed by atoms with Crippen LogP contribution in [0.15, 0.2) is 42.5 Å². The van der Waals surface area contributed by atoms with Crippen molar-refractivity contribution in [1.82, 2.24) is 4.98 Å². The van der Waals surface area contributed by atoms with Crippen molar-refractivity contribution in [2.75, 3.05) is 27.1 Å². The van der Waals surface area contributed by atoms with Gasteiger partial charge in [-0.05, 0) is 30.7 Å². The highest BCUT2D eigenvalue weighted by atomic mass is 16.5. The van der Waals surface area contributed by atoms with E-state index in [1.807, 2.05) is 37.3 Å². The Kier molecular flexibility index (Phi) is 5.37. The maximum atomic E-state index is 9.65. The molecule has 0 saturated heterocycles. The zero-order valence-electron chi connectivity index (χ0n) is 16.2. The van der Waals surface area contributed by atoms with Gasteiger partial charge in [-0.1, -0.05) is 29.8 Å². The first-order valence-corrected chi connectivity index (χ1v) is 8.60. The molecule has 0 aliphatic carbocycles. The Morgan fingerprint density at radius 2 is 1.50 bits per heavy atom. The van der Waals surface area contributed by atoms with Gasteiger partial charge in [-0.25, -0.2) is 4.98 Å². The van der Waals surface area contributed by atoms with E-state index in [0.29, 0.717) is 39.6 Å². The largest absolute Gasteiger partial charge is 0.493 e. The zero-order valence-corrected chi connectivity index (χ0v) is 16.2. The molecule has 2 N–H and O–H groups in total. The van der Waals surface area contributed by atoms with Crippen LogP contribution >= 0.6 is 0 Å². The van der Waals surface area contributed by atoms with Crippen LogP contribution in [0, 0.1) is 18.3 Å². The molecule has 0 spiro atoms. The number of benzene rings is 2. The average molecular weight is 375 g/mol. The molecule has 6 nitrogen and oxygen atoms in total. The minimum absolute atomic E-state index is 0.171. The van der Waals surface area contributed by atoms with Crippen molar-refractivity contribution in [2.24, 2.45) is 0 Å². The van der Waals surface area contributed by atoms with Crippen LogP contribution in [0.5, 0.6) is 17.2 Å². The van der Waals surface area contributed by atoms with Gasteiger partial charge >= 0.3 is 0 Å². The Morgan fingerprint density at radius 1 is 0.893 bits per heavy atom. The zero-order chi connectivity index (χ0) is 20.3. The van der Waals surface area contributed by atoms with Crippen molar-refractivity contribution in [3.05, 3.63) is 53.6 Å². The number of nitrogen functional groups attached to an aromatic ring is 1. The van der Waals surface area contributed by atoms with E-state index in [2.05, 4.69) is 11.1 Å². The molecule has 0 saturated carbocycles. The van der Waals surface area contributed by atoms with Crippen molar-refractivity contribution in [1.29, 1.82) is 5.26 Å². The van der Waals surface area contributed by atoms with Crippen LogP contribution in [0.2, 0.25) is 0 Å². The van der Waals surface area contributed by atoms with Gasteiger partial charge in [0.25, 0.3) is 0 Å². The highest BCUT2D eigenvalue weighted by Crippen LogP contribution is 2.42. The number of hydrogen-bond donors (Lipinski definition) is 1. The smallest absolute Gasteiger partial charge is 0.203 e. The van der Waals surface area contributed by atoms with Gasteiger partial charge in [0.15, 0.2) is 11.5 Å². The van der Waals surface area contributed by atoms with Crippen molar-refractivity contribution >= 4 is 5.82 Å². The summed E-state index contributed by atoms with van der Waals surface area (Å²) >= 11 is 0. The molecule has 1 heterocycles. The number of ether oxygens (including phenoxy) is 3. The van der Waals surface area contributed by atoms with Gasteiger partial charge < -0.3 is 19.9 Å². The van der Waals surface area contributed by atoms with Crippen molar-refractivity contribution < 1.29 is 14.2 Å². The number of pyridine rings is 1. The summed E-state index contributed by atoms with van der Waals surface area (Å²) in [7, 11) is 4.64. The molecule has 3 aromatic rings. The van der Waals surface area contributed by atoms with Crippen LogP contribution < -0.4 is 19.9 Å². The maximum absolute atomic E-state index is 9.65. The molecule has 0 unspecified atom stereocenters. The van der Waals surface area contributed by atoms with Crippen LogP contribution in [0.4, 0.5) is 5.82 Å². The van der Waals surface area contributed by atoms with E-state index in [0.717, 1.165) is 11.1 Å². The van der Waals surface area contributed by atoms with Crippen LogP contribution in [0.1, 0.15) is 11.1 Å². The summed E-state index contributed by atoms with van der Waals surface area (Å²) in [6.45, 7) is 2.02. The van der Waals surface area contributed by atoms with E-state index in [1.165, 1.54) is 0 Å². The van der Waals surface area contributed by atoms with Gasteiger partial charge in [0.2, 0.25) is 5.75 Å². The second-order valence-electron chi connectivity index (χ2n) is 6.21. The first-order valence-electron chi connectivity index (χ1n) is 8.60.